The molecule has 5 rings (SSSR count). The van der Waals surface area contributed by atoms with Crippen LogP contribution in [0.25, 0.3) is 0 Å². The summed E-state index contributed by atoms with van der Waals surface area (Å²) in [4.78, 5) is 22.9. The Balaban J connectivity index is 1.77. The first-order valence-corrected chi connectivity index (χ1v) is 11.8. The Hall–Kier alpha value is -3.60. The Morgan fingerprint density at radius 3 is 1.79 bits per heavy atom. The summed E-state index contributed by atoms with van der Waals surface area (Å²) in [6.45, 7) is 8.42. The highest BCUT2D eigenvalue weighted by Crippen LogP contribution is 2.58. The highest BCUT2D eigenvalue weighted by Gasteiger charge is 2.71. The second-order valence-electron chi connectivity index (χ2n) is 9.65. The Morgan fingerprint density at radius 2 is 1.32 bits per heavy atom. The fraction of sp³-hybridized carbons (Fsp3) is 0.310. The number of aryl methyl sites for hydroxylation is 3. The van der Waals surface area contributed by atoms with E-state index >= 15 is 0 Å². The Morgan fingerprint density at radius 1 is 0.853 bits per heavy atom. The van der Waals surface area contributed by atoms with Crippen LogP contribution in [0.5, 0.6) is 0 Å². The summed E-state index contributed by atoms with van der Waals surface area (Å²) < 4.78 is 5.39. The van der Waals surface area contributed by atoms with Gasteiger partial charge < -0.3 is 9.64 Å². The van der Waals surface area contributed by atoms with Crippen molar-refractivity contribution in [1.82, 2.24) is 0 Å². The first kappa shape index (κ1) is 22.2. The maximum Gasteiger partial charge on any atom is 0.331 e. The number of methoxy groups -OCH3 is 1. The van der Waals surface area contributed by atoms with Crippen molar-refractivity contribution >= 4 is 29.0 Å². The number of hydrogen-bond acceptors (Lipinski definition) is 3. The van der Waals surface area contributed by atoms with Crippen LogP contribution in [0.4, 0.5) is 17.1 Å². The van der Waals surface area contributed by atoms with Crippen molar-refractivity contribution in [3.8, 4) is 0 Å². The number of carbonyl (C=O) groups excluding carboxylic acids is 1. The molecule has 1 spiro atoms. The normalized spacial score (nSPS) is 24.7. The molecule has 1 saturated heterocycles. The van der Waals surface area contributed by atoms with Gasteiger partial charge in [-0.15, -0.1) is 0 Å². The molecule has 2 fully saturated rings. The number of esters is 1. The zero-order valence-electron chi connectivity index (χ0n) is 20.4. The van der Waals surface area contributed by atoms with Gasteiger partial charge in [-0.05, 0) is 69.5 Å². The fourth-order valence-electron chi connectivity index (χ4n) is 5.16. The number of hydrogen-bond donors (Lipinski definition) is 0. The summed E-state index contributed by atoms with van der Waals surface area (Å²) in [5.41, 5.74) is 5.93. The van der Waals surface area contributed by atoms with E-state index in [4.69, 9.17) is 9.73 Å². The lowest BCUT2D eigenvalue weighted by molar-refractivity contribution is -0.142. The standard InChI is InChI=1S/C29H31N3O2/c1-19-6-12-23(13-7-19)30-28-31(24-14-8-20(2)9-15-24)26(27(33)34-5)29(18-22(29)4)32(28)25-16-10-21(3)11-17-25/h6-17,22,26H,18H2,1-5H3/t22-,26-,29-/m1/s1. The molecule has 1 aliphatic carbocycles. The SMILES string of the molecule is COC(=O)[C@H]1N(c2ccc(C)cc2)C(=Nc2ccc(C)cc2)N(c2ccc(C)cc2)[C@@]12C[C@H]2C. The number of anilines is 2. The monoisotopic (exact) mass is 453 g/mol. The molecule has 0 aromatic heterocycles. The molecular weight excluding hydrogens is 422 g/mol. The summed E-state index contributed by atoms with van der Waals surface area (Å²) in [5.74, 6) is 0.809. The minimum Gasteiger partial charge on any atom is -0.467 e. The summed E-state index contributed by atoms with van der Waals surface area (Å²) in [6.07, 6.45) is 0.885. The molecule has 34 heavy (non-hydrogen) atoms. The van der Waals surface area contributed by atoms with Gasteiger partial charge in [0.2, 0.25) is 5.96 Å². The maximum absolute atomic E-state index is 13.4. The lowest BCUT2D eigenvalue weighted by Gasteiger charge is -2.28. The van der Waals surface area contributed by atoms with Crippen LogP contribution in [0.15, 0.2) is 77.8 Å². The van der Waals surface area contributed by atoms with Gasteiger partial charge in [-0.1, -0.05) is 60.0 Å². The van der Waals surface area contributed by atoms with E-state index < -0.39 is 11.6 Å². The third kappa shape index (κ3) is 3.56. The Bertz CT molecular complexity index is 1230. The predicted molar refractivity (Wildman–Crippen MR) is 138 cm³/mol. The van der Waals surface area contributed by atoms with Gasteiger partial charge in [-0.25, -0.2) is 9.79 Å². The number of guanidine groups is 1. The van der Waals surface area contributed by atoms with Crippen molar-refractivity contribution < 1.29 is 9.53 Å². The van der Waals surface area contributed by atoms with Crippen LogP contribution < -0.4 is 9.80 Å². The zero-order valence-corrected chi connectivity index (χ0v) is 20.4. The molecule has 0 unspecified atom stereocenters. The van der Waals surface area contributed by atoms with Crippen molar-refractivity contribution in [3.63, 3.8) is 0 Å². The lowest BCUT2D eigenvalue weighted by Crippen LogP contribution is -2.47. The van der Waals surface area contributed by atoms with Crippen LogP contribution in [0, 0.1) is 26.7 Å². The predicted octanol–water partition coefficient (Wildman–Crippen LogP) is 5.95. The molecule has 5 nitrogen and oxygen atoms in total. The molecule has 3 aromatic carbocycles. The maximum atomic E-state index is 13.4. The molecule has 3 atom stereocenters. The van der Waals surface area contributed by atoms with E-state index in [2.05, 4.69) is 98.2 Å². The topological polar surface area (TPSA) is 45.1 Å². The average molecular weight is 454 g/mol. The quantitative estimate of drug-likeness (QED) is 0.458. The number of nitrogens with zero attached hydrogens (tertiary/aromatic N) is 3. The molecule has 5 heteroatoms. The number of carbonyl (C=O) groups is 1. The van der Waals surface area contributed by atoms with E-state index in [0.717, 1.165) is 29.4 Å². The van der Waals surface area contributed by atoms with Crippen molar-refractivity contribution in [3.05, 3.63) is 89.5 Å². The van der Waals surface area contributed by atoms with Crippen molar-refractivity contribution in [1.29, 1.82) is 0 Å². The van der Waals surface area contributed by atoms with Crippen LogP contribution in [0.2, 0.25) is 0 Å². The van der Waals surface area contributed by atoms with Crippen LogP contribution in [0.1, 0.15) is 30.0 Å². The smallest absolute Gasteiger partial charge is 0.331 e. The number of rotatable bonds is 4. The van der Waals surface area contributed by atoms with E-state index in [1.807, 2.05) is 12.1 Å². The van der Waals surface area contributed by atoms with Gasteiger partial charge >= 0.3 is 5.97 Å². The molecule has 0 N–H and O–H groups in total. The van der Waals surface area contributed by atoms with Crippen LogP contribution in [0.3, 0.4) is 0 Å². The van der Waals surface area contributed by atoms with Crippen LogP contribution >= 0.6 is 0 Å². The molecule has 0 bridgehead atoms. The first-order valence-electron chi connectivity index (χ1n) is 11.8. The first-order chi connectivity index (χ1) is 16.3. The largest absolute Gasteiger partial charge is 0.467 e. The Labute approximate surface area is 201 Å². The molecule has 1 saturated carbocycles. The van der Waals surface area contributed by atoms with E-state index in [0.29, 0.717) is 5.92 Å². The molecule has 1 aliphatic heterocycles. The van der Waals surface area contributed by atoms with Crippen LogP contribution in [-0.2, 0) is 9.53 Å². The molecule has 0 radical (unpaired) electrons. The number of ether oxygens (including phenoxy) is 1. The van der Waals surface area contributed by atoms with Crippen molar-refractivity contribution in [2.75, 3.05) is 16.9 Å². The zero-order chi connectivity index (χ0) is 24.0. The molecule has 1 heterocycles. The third-order valence-corrected chi connectivity index (χ3v) is 7.18. The highest BCUT2D eigenvalue weighted by molar-refractivity contribution is 6.17. The summed E-state index contributed by atoms with van der Waals surface area (Å²) in [5, 5.41) is 0. The van der Waals surface area contributed by atoms with Crippen molar-refractivity contribution in [2.24, 2.45) is 10.9 Å². The second-order valence-corrected chi connectivity index (χ2v) is 9.65. The molecule has 0 amide bonds. The molecule has 2 aliphatic rings. The van der Waals surface area contributed by atoms with Gasteiger partial charge in [0.15, 0.2) is 6.04 Å². The average Bonchev–Trinajstić information content (AvgIpc) is 3.40. The Kier molecular flexibility index (Phi) is 5.43. The minimum absolute atomic E-state index is 0.240. The minimum atomic E-state index is -0.499. The highest BCUT2D eigenvalue weighted by atomic mass is 16.5. The number of aliphatic imine (C=N–C) groups is 1. The van der Waals surface area contributed by atoms with E-state index in [1.165, 1.54) is 23.8 Å². The third-order valence-electron chi connectivity index (χ3n) is 7.18. The molecule has 3 aromatic rings. The summed E-state index contributed by atoms with van der Waals surface area (Å²) in [6, 6.07) is 24.4. The summed E-state index contributed by atoms with van der Waals surface area (Å²) >= 11 is 0. The van der Waals surface area contributed by atoms with Gasteiger partial charge in [0, 0.05) is 11.4 Å². The fourth-order valence-corrected chi connectivity index (χ4v) is 5.16. The van der Waals surface area contributed by atoms with Gasteiger partial charge in [-0.2, -0.15) is 0 Å². The van der Waals surface area contributed by atoms with Gasteiger partial charge in [-0.3, -0.25) is 4.90 Å². The molecule has 174 valence electrons. The van der Waals surface area contributed by atoms with E-state index in [1.54, 1.807) is 0 Å². The van der Waals surface area contributed by atoms with E-state index in [9.17, 15) is 4.79 Å². The lowest BCUT2D eigenvalue weighted by atomic mass is 10.0. The summed E-state index contributed by atoms with van der Waals surface area (Å²) in [7, 11) is 1.47. The van der Waals surface area contributed by atoms with Crippen molar-refractivity contribution in [2.45, 2.75) is 45.7 Å². The van der Waals surface area contributed by atoms with Crippen LogP contribution in [-0.4, -0.2) is 30.6 Å². The molecular formula is C29H31N3O2. The van der Waals surface area contributed by atoms with E-state index in [-0.39, 0.29) is 5.97 Å². The van der Waals surface area contributed by atoms with Gasteiger partial charge in [0.25, 0.3) is 0 Å². The second kappa shape index (κ2) is 8.32. The van der Waals surface area contributed by atoms with Gasteiger partial charge in [0.1, 0.15) is 0 Å². The number of benzene rings is 3. The van der Waals surface area contributed by atoms with Gasteiger partial charge in [0.05, 0.1) is 18.3 Å².